The third-order valence-electron chi connectivity index (χ3n) is 10.00. The second kappa shape index (κ2) is 11.8. The number of alkyl halides is 6. The molecule has 3 fully saturated rings. The molecule has 1 heterocycles. The Morgan fingerprint density at radius 1 is 0.915 bits per heavy atom. The predicted molar refractivity (Wildman–Crippen MR) is 163 cm³/mol. The lowest BCUT2D eigenvalue weighted by atomic mass is 9.40. The highest BCUT2D eigenvalue weighted by molar-refractivity contribution is 7.90. The van der Waals surface area contributed by atoms with Crippen LogP contribution in [0, 0.1) is 23.2 Å². The fraction of sp³-hybridized carbons (Fsp3) is 0.485. The molecule has 3 aliphatic rings. The number of benzene rings is 2. The Morgan fingerprint density at radius 3 is 2.13 bits per heavy atom. The molecule has 3 aromatic rings. The van der Waals surface area contributed by atoms with Gasteiger partial charge in [-0.05, 0) is 85.9 Å². The standard InChI is InChI=1S/C33H35F6N3O4S/c1-5-6-11-47(45,46)42-29(44)24-16-21-17-27(30(21,2)3)31(24,4)41-28(43)19-8-10-25-18(12-19)7-9-26(40-25)20-13-22(32(34,35)36)15-23(14-20)33(37,38)39/h7-10,12-15,21,24,27H,5-6,11,16-17H2,1-4H3,(H,41,43)(H,42,44)/t21-,24-,27+,31-/m0/s1. The van der Waals surface area contributed by atoms with Crippen LogP contribution >= 0.6 is 0 Å². The number of sulfonamides is 1. The molecule has 2 aromatic carbocycles. The number of aromatic nitrogens is 1. The molecular weight excluding hydrogens is 648 g/mol. The lowest BCUT2D eigenvalue weighted by Gasteiger charge is -2.66. The number of nitrogens with zero attached hydrogens (tertiary/aromatic N) is 1. The van der Waals surface area contributed by atoms with Gasteiger partial charge in [0.25, 0.3) is 5.91 Å². The van der Waals surface area contributed by atoms with Crippen LogP contribution in [0.15, 0.2) is 48.5 Å². The summed E-state index contributed by atoms with van der Waals surface area (Å²) in [4.78, 5) is 31.3. The molecule has 47 heavy (non-hydrogen) atoms. The molecule has 0 saturated heterocycles. The summed E-state index contributed by atoms with van der Waals surface area (Å²) in [5, 5.41) is 3.43. The maximum Gasteiger partial charge on any atom is 0.416 e. The summed E-state index contributed by atoms with van der Waals surface area (Å²) in [5.74, 6) is -2.12. The number of fused-ring (bicyclic) bond motifs is 3. The highest BCUT2D eigenvalue weighted by atomic mass is 32.2. The second-order valence-corrected chi connectivity index (χ2v) is 15.2. The van der Waals surface area contributed by atoms with Crippen LogP contribution in [0.1, 0.15) is 74.9 Å². The van der Waals surface area contributed by atoms with E-state index < -0.39 is 56.8 Å². The number of amides is 2. The molecule has 254 valence electrons. The number of nitrogens with one attached hydrogen (secondary N) is 2. The van der Waals surface area contributed by atoms with Crippen molar-refractivity contribution in [3.63, 3.8) is 0 Å². The van der Waals surface area contributed by atoms with Gasteiger partial charge in [0, 0.05) is 16.5 Å². The van der Waals surface area contributed by atoms with E-state index in [0.717, 1.165) is 6.42 Å². The Hall–Kier alpha value is -3.68. The zero-order valence-electron chi connectivity index (χ0n) is 26.1. The van der Waals surface area contributed by atoms with Gasteiger partial charge in [0.2, 0.25) is 15.9 Å². The average molecular weight is 684 g/mol. The quantitative estimate of drug-likeness (QED) is 0.242. The van der Waals surface area contributed by atoms with Gasteiger partial charge >= 0.3 is 12.4 Å². The van der Waals surface area contributed by atoms with E-state index in [1.54, 1.807) is 6.92 Å². The van der Waals surface area contributed by atoms with Gasteiger partial charge in [0.15, 0.2) is 0 Å². The molecule has 0 spiro atoms. The van der Waals surface area contributed by atoms with Crippen molar-refractivity contribution >= 4 is 32.7 Å². The summed E-state index contributed by atoms with van der Waals surface area (Å²) >= 11 is 0. The minimum Gasteiger partial charge on any atom is -0.346 e. The van der Waals surface area contributed by atoms with Crippen molar-refractivity contribution in [1.82, 2.24) is 15.0 Å². The number of halogens is 6. The molecule has 3 saturated carbocycles. The third-order valence-corrected chi connectivity index (χ3v) is 11.3. The first-order valence-corrected chi connectivity index (χ1v) is 16.9. The summed E-state index contributed by atoms with van der Waals surface area (Å²) in [7, 11) is -3.85. The molecule has 7 nitrogen and oxygen atoms in total. The van der Waals surface area contributed by atoms with Gasteiger partial charge in [-0.15, -0.1) is 0 Å². The number of unbranched alkanes of at least 4 members (excludes halogenated alkanes) is 1. The van der Waals surface area contributed by atoms with E-state index in [4.69, 9.17) is 0 Å². The molecule has 2 amide bonds. The van der Waals surface area contributed by atoms with Crippen molar-refractivity contribution < 1.29 is 44.3 Å². The summed E-state index contributed by atoms with van der Waals surface area (Å²) in [6.45, 7) is 7.72. The Bertz CT molecular complexity index is 1810. The number of rotatable bonds is 8. The van der Waals surface area contributed by atoms with Crippen molar-refractivity contribution in [1.29, 1.82) is 0 Å². The molecule has 4 atom stereocenters. The lowest BCUT2D eigenvalue weighted by molar-refractivity contribution is -0.164. The van der Waals surface area contributed by atoms with Crippen molar-refractivity contribution in [2.24, 2.45) is 23.2 Å². The largest absolute Gasteiger partial charge is 0.416 e. The Labute approximate surface area is 268 Å². The van der Waals surface area contributed by atoms with Crippen molar-refractivity contribution in [3.8, 4) is 11.3 Å². The highest BCUT2D eigenvalue weighted by Gasteiger charge is 2.65. The zero-order valence-corrected chi connectivity index (χ0v) is 27.0. The minimum atomic E-state index is -5.01. The average Bonchev–Trinajstić information content (AvgIpc) is 2.97. The van der Waals surface area contributed by atoms with Gasteiger partial charge < -0.3 is 5.32 Å². The van der Waals surface area contributed by atoms with Crippen molar-refractivity contribution in [2.75, 3.05) is 5.75 Å². The summed E-state index contributed by atoms with van der Waals surface area (Å²) in [6.07, 6.45) is -7.84. The molecule has 0 unspecified atom stereocenters. The third kappa shape index (κ3) is 6.70. The number of pyridine rings is 1. The SMILES string of the molecule is CCCCS(=O)(=O)NC(=O)[C@@H]1C[C@H]2C[C@H](C2(C)C)[C@@]1(C)NC(=O)c1ccc2nc(-c3cc(C(F)(F)F)cc(C(F)(F)F)c3)ccc2c1. The van der Waals surface area contributed by atoms with Crippen LogP contribution in [0.3, 0.4) is 0 Å². The van der Waals surface area contributed by atoms with Crippen LogP contribution in [-0.2, 0) is 27.2 Å². The van der Waals surface area contributed by atoms with Gasteiger partial charge in [-0.25, -0.2) is 13.4 Å². The normalized spacial score (nSPS) is 24.0. The number of carbonyl (C=O) groups is 2. The minimum absolute atomic E-state index is 0.0483. The van der Waals surface area contributed by atoms with Gasteiger partial charge in [0.05, 0.1) is 39.5 Å². The fourth-order valence-corrected chi connectivity index (χ4v) is 8.44. The van der Waals surface area contributed by atoms with E-state index in [1.165, 1.54) is 30.3 Å². The molecule has 6 rings (SSSR count). The van der Waals surface area contributed by atoms with Gasteiger partial charge in [0.1, 0.15) is 0 Å². The second-order valence-electron chi connectivity index (χ2n) is 13.4. The number of carbonyl (C=O) groups excluding carboxylic acids is 2. The van der Waals surface area contributed by atoms with Crippen molar-refractivity contribution in [3.05, 3.63) is 65.2 Å². The van der Waals surface area contributed by atoms with E-state index in [0.29, 0.717) is 36.8 Å². The van der Waals surface area contributed by atoms with E-state index in [9.17, 15) is 44.3 Å². The molecular formula is C33H35F6N3O4S. The lowest BCUT2D eigenvalue weighted by Crippen LogP contribution is -2.72. The maximum atomic E-state index is 13.7. The van der Waals surface area contributed by atoms with Crippen LogP contribution in [-0.4, -0.2) is 36.5 Å². The highest BCUT2D eigenvalue weighted by Crippen LogP contribution is 2.64. The first kappa shape index (κ1) is 34.6. The molecule has 2 bridgehead atoms. The van der Waals surface area contributed by atoms with Crippen molar-refractivity contribution in [2.45, 2.75) is 71.3 Å². The van der Waals surface area contributed by atoms with E-state index in [-0.39, 0.29) is 51.4 Å². The molecule has 1 aromatic heterocycles. The summed E-state index contributed by atoms with van der Waals surface area (Å²) < 4.78 is 108. The first-order chi connectivity index (χ1) is 21.7. The van der Waals surface area contributed by atoms with Gasteiger partial charge in [-0.2, -0.15) is 26.3 Å². The Morgan fingerprint density at radius 2 is 1.55 bits per heavy atom. The van der Waals surface area contributed by atoms with Crippen LogP contribution in [0.4, 0.5) is 26.3 Å². The van der Waals surface area contributed by atoms with Crippen LogP contribution in [0.25, 0.3) is 22.2 Å². The van der Waals surface area contributed by atoms with Crippen LogP contribution in [0.5, 0.6) is 0 Å². The molecule has 0 aliphatic heterocycles. The van der Waals surface area contributed by atoms with E-state index in [1.807, 2.05) is 6.92 Å². The van der Waals surface area contributed by atoms with E-state index >= 15 is 0 Å². The summed E-state index contributed by atoms with van der Waals surface area (Å²) in [6, 6.07) is 8.32. The Kier molecular flexibility index (Phi) is 8.68. The fourth-order valence-electron chi connectivity index (χ4n) is 7.22. The summed E-state index contributed by atoms with van der Waals surface area (Å²) in [5.41, 5.74) is -4.30. The molecule has 14 heteroatoms. The van der Waals surface area contributed by atoms with Crippen LogP contribution < -0.4 is 10.0 Å². The number of hydrogen-bond acceptors (Lipinski definition) is 5. The topological polar surface area (TPSA) is 105 Å². The first-order valence-electron chi connectivity index (χ1n) is 15.2. The molecule has 3 aliphatic carbocycles. The molecule has 0 radical (unpaired) electrons. The molecule has 2 N–H and O–H groups in total. The zero-order chi connectivity index (χ0) is 34.7. The van der Waals surface area contributed by atoms with E-state index in [2.05, 4.69) is 28.9 Å². The number of hydrogen-bond donors (Lipinski definition) is 2. The van der Waals surface area contributed by atoms with Gasteiger partial charge in [-0.3, -0.25) is 14.3 Å². The Balaban J connectivity index is 1.43. The maximum absolute atomic E-state index is 13.7. The van der Waals surface area contributed by atoms with Gasteiger partial charge in [-0.1, -0.05) is 33.3 Å². The smallest absolute Gasteiger partial charge is 0.346 e. The monoisotopic (exact) mass is 683 g/mol. The van der Waals surface area contributed by atoms with Crippen LogP contribution in [0.2, 0.25) is 0 Å². The predicted octanol–water partition coefficient (Wildman–Crippen LogP) is 7.36.